The van der Waals surface area contributed by atoms with E-state index in [1.807, 2.05) is 16.9 Å². The lowest BCUT2D eigenvalue weighted by molar-refractivity contribution is 0.342. The standard InChI is InChI=1S/C8H12BrN3/c9-8-3-5-11-12(8)7-2-1-4-10-6-7/h3,5,7,10H,1-2,4,6H2. The van der Waals surface area contributed by atoms with Gasteiger partial charge in [-0.15, -0.1) is 0 Å². The van der Waals surface area contributed by atoms with Crippen LogP contribution in [0.5, 0.6) is 0 Å². The van der Waals surface area contributed by atoms with Crippen molar-refractivity contribution in [2.45, 2.75) is 18.9 Å². The van der Waals surface area contributed by atoms with Gasteiger partial charge in [0.05, 0.1) is 12.2 Å². The molecule has 0 aliphatic carbocycles. The van der Waals surface area contributed by atoms with Crippen LogP contribution in [0.2, 0.25) is 0 Å². The van der Waals surface area contributed by atoms with Gasteiger partial charge >= 0.3 is 0 Å². The number of nitrogens with zero attached hydrogens (tertiary/aromatic N) is 2. The molecule has 0 bridgehead atoms. The van der Waals surface area contributed by atoms with Crippen molar-refractivity contribution in [1.82, 2.24) is 15.1 Å². The van der Waals surface area contributed by atoms with Crippen LogP contribution in [0.15, 0.2) is 16.9 Å². The Kier molecular flexibility index (Phi) is 2.46. The second-order valence-corrected chi connectivity index (χ2v) is 3.91. The molecule has 0 aromatic carbocycles. The van der Waals surface area contributed by atoms with Gasteiger partial charge in [0, 0.05) is 6.54 Å². The Morgan fingerprint density at radius 2 is 2.58 bits per heavy atom. The van der Waals surface area contributed by atoms with E-state index >= 15 is 0 Å². The predicted octanol–water partition coefficient (Wildman–Crippen LogP) is 1.57. The summed E-state index contributed by atoms with van der Waals surface area (Å²) in [6, 6.07) is 2.51. The van der Waals surface area contributed by atoms with Crippen LogP contribution in [-0.2, 0) is 0 Å². The average Bonchev–Trinajstić information content (AvgIpc) is 2.53. The summed E-state index contributed by atoms with van der Waals surface area (Å²) in [5, 5.41) is 7.64. The highest BCUT2D eigenvalue weighted by Gasteiger charge is 2.16. The molecule has 0 saturated carbocycles. The lowest BCUT2D eigenvalue weighted by atomic mass is 10.1. The average molecular weight is 230 g/mol. The fourth-order valence-electron chi connectivity index (χ4n) is 1.61. The van der Waals surface area contributed by atoms with E-state index in [9.17, 15) is 0 Å². The number of halogens is 1. The summed E-state index contributed by atoms with van der Waals surface area (Å²) in [4.78, 5) is 0. The first-order chi connectivity index (χ1) is 5.88. The second kappa shape index (κ2) is 3.58. The molecule has 0 spiro atoms. The Bertz CT molecular complexity index is 253. The topological polar surface area (TPSA) is 29.9 Å². The molecule has 2 rings (SSSR count). The normalized spacial score (nSPS) is 24.2. The molecule has 1 aliphatic rings. The molecule has 2 heterocycles. The molecule has 1 unspecified atom stereocenters. The summed E-state index contributed by atoms with van der Waals surface area (Å²) >= 11 is 3.47. The maximum absolute atomic E-state index is 4.27. The molecule has 12 heavy (non-hydrogen) atoms. The number of rotatable bonds is 1. The molecule has 1 N–H and O–H groups in total. The number of piperidine rings is 1. The summed E-state index contributed by atoms with van der Waals surface area (Å²) < 4.78 is 3.13. The van der Waals surface area contributed by atoms with Crippen LogP contribution in [0, 0.1) is 0 Å². The molecule has 66 valence electrons. The maximum atomic E-state index is 4.27. The first kappa shape index (κ1) is 8.26. The Balaban J connectivity index is 2.13. The van der Waals surface area contributed by atoms with E-state index in [0.717, 1.165) is 17.7 Å². The fourth-order valence-corrected chi connectivity index (χ4v) is 2.11. The van der Waals surface area contributed by atoms with Gasteiger partial charge in [-0.25, -0.2) is 0 Å². The second-order valence-electron chi connectivity index (χ2n) is 3.10. The molecule has 3 nitrogen and oxygen atoms in total. The third-order valence-electron chi connectivity index (χ3n) is 2.24. The molecule has 1 aliphatic heterocycles. The highest BCUT2D eigenvalue weighted by Crippen LogP contribution is 2.20. The quantitative estimate of drug-likeness (QED) is 0.793. The highest BCUT2D eigenvalue weighted by atomic mass is 79.9. The fraction of sp³-hybridized carbons (Fsp3) is 0.625. The number of aromatic nitrogens is 2. The van der Waals surface area contributed by atoms with Crippen molar-refractivity contribution in [3.63, 3.8) is 0 Å². The molecule has 1 saturated heterocycles. The third kappa shape index (κ3) is 1.54. The van der Waals surface area contributed by atoms with E-state index in [1.54, 1.807) is 0 Å². The predicted molar refractivity (Wildman–Crippen MR) is 51.1 cm³/mol. The van der Waals surface area contributed by atoms with Crippen LogP contribution >= 0.6 is 15.9 Å². The van der Waals surface area contributed by atoms with Crippen LogP contribution in [0.4, 0.5) is 0 Å². The van der Waals surface area contributed by atoms with Gasteiger partial charge < -0.3 is 5.32 Å². The molecular weight excluding hydrogens is 218 g/mol. The van der Waals surface area contributed by atoms with Gasteiger partial charge in [-0.05, 0) is 41.4 Å². The van der Waals surface area contributed by atoms with Crippen molar-refractivity contribution < 1.29 is 0 Å². The summed E-state index contributed by atoms with van der Waals surface area (Å²) in [5.41, 5.74) is 0. The molecule has 1 aromatic rings. The number of nitrogens with one attached hydrogen (secondary N) is 1. The first-order valence-corrected chi connectivity index (χ1v) is 5.07. The third-order valence-corrected chi connectivity index (χ3v) is 2.87. The van der Waals surface area contributed by atoms with Gasteiger partial charge in [0.15, 0.2) is 0 Å². The Hall–Kier alpha value is -0.350. The number of hydrogen-bond acceptors (Lipinski definition) is 2. The smallest absolute Gasteiger partial charge is 0.104 e. The molecule has 4 heteroatoms. The van der Waals surface area contributed by atoms with Crippen LogP contribution in [-0.4, -0.2) is 22.9 Å². The summed E-state index contributed by atoms with van der Waals surface area (Å²) in [7, 11) is 0. The van der Waals surface area contributed by atoms with E-state index in [-0.39, 0.29) is 0 Å². The van der Waals surface area contributed by atoms with E-state index in [4.69, 9.17) is 0 Å². The molecular formula is C8H12BrN3. The van der Waals surface area contributed by atoms with Gasteiger partial charge in [-0.2, -0.15) is 5.10 Å². The van der Waals surface area contributed by atoms with E-state index < -0.39 is 0 Å². The largest absolute Gasteiger partial charge is 0.315 e. The summed E-state index contributed by atoms with van der Waals surface area (Å²) in [6.07, 6.45) is 4.31. The van der Waals surface area contributed by atoms with Gasteiger partial charge in [0.1, 0.15) is 4.60 Å². The van der Waals surface area contributed by atoms with Crippen LogP contribution in [0.1, 0.15) is 18.9 Å². The van der Waals surface area contributed by atoms with Crippen LogP contribution in [0.3, 0.4) is 0 Å². The van der Waals surface area contributed by atoms with Gasteiger partial charge in [0.2, 0.25) is 0 Å². The van der Waals surface area contributed by atoms with Crippen molar-refractivity contribution in [3.8, 4) is 0 Å². The van der Waals surface area contributed by atoms with Crippen molar-refractivity contribution >= 4 is 15.9 Å². The monoisotopic (exact) mass is 229 g/mol. The highest BCUT2D eigenvalue weighted by molar-refractivity contribution is 9.10. The molecule has 1 fully saturated rings. The van der Waals surface area contributed by atoms with Crippen molar-refractivity contribution in [2.75, 3.05) is 13.1 Å². The summed E-state index contributed by atoms with van der Waals surface area (Å²) in [6.45, 7) is 2.19. The maximum Gasteiger partial charge on any atom is 0.104 e. The van der Waals surface area contributed by atoms with E-state index in [0.29, 0.717) is 6.04 Å². The zero-order chi connectivity index (χ0) is 8.39. The minimum absolute atomic E-state index is 0.531. The SMILES string of the molecule is Brc1ccnn1C1CCCNC1. The zero-order valence-corrected chi connectivity index (χ0v) is 8.42. The zero-order valence-electron chi connectivity index (χ0n) is 6.83. The van der Waals surface area contributed by atoms with Gasteiger partial charge in [0.25, 0.3) is 0 Å². The van der Waals surface area contributed by atoms with Crippen LogP contribution < -0.4 is 5.32 Å². The minimum Gasteiger partial charge on any atom is -0.315 e. The molecule has 0 amide bonds. The van der Waals surface area contributed by atoms with E-state index in [2.05, 4.69) is 26.3 Å². The Labute approximate surface area is 80.3 Å². The lowest BCUT2D eigenvalue weighted by Gasteiger charge is -2.23. The van der Waals surface area contributed by atoms with Crippen molar-refractivity contribution in [1.29, 1.82) is 0 Å². The first-order valence-electron chi connectivity index (χ1n) is 4.27. The minimum atomic E-state index is 0.531. The van der Waals surface area contributed by atoms with Crippen molar-refractivity contribution in [2.24, 2.45) is 0 Å². The summed E-state index contributed by atoms with van der Waals surface area (Å²) in [5.74, 6) is 0. The molecule has 0 radical (unpaired) electrons. The van der Waals surface area contributed by atoms with Gasteiger partial charge in [-0.1, -0.05) is 0 Å². The molecule has 1 atom stereocenters. The van der Waals surface area contributed by atoms with Crippen LogP contribution in [0.25, 0.3) is 0 Å². The Morgan fingerprint density at radius 3 is 3.17 bits per heavy atom. The number of hydrogen-bond donors (Lipinski definition) is 1. The van der Waals surface area contributed by atoms with Crippen molar-refractivity contribution in [3.05, 3.63) is 16.9 Å². The molecule has 1 aromatic heterocycles. The van der Waals surface area contributed by atoms with Gasteiger partial charge in [-0.3, -0.25) is 4.68 Å². The van der Waals surface area contributed by atoms with E-state index in [1.165, 1.54) is 12.8 Å². The lowest BCUT2D eigenvalue weighted by Crippen LogP contribution is -2.32. The Morgan fingerprint density at radius 1 is 1.67 bits per heavy atom.